The van der Waals surface area contributed by atoms with Crippen molar-refractivity contribution in [2.24, 2.45) is 0 Å². The lowest BCUT2D eigenvalue weighted by molar-refractivity contribution is -0.0970. The summed E-state index contributed by atoms with van der Waals surface area (Å²) in [7, 11) is 2.83. The Hall–Kier alpha value is -1.73. The Balaban J connectivity index is 2.51. The largest absolute Gasteiger partial charge is 0.354 e. The minimum Gasteiger partial charge on any atom is -0.354 e. The van der Waals surface area contributed by atoms with Gasteiger partial charge in [-0.25, -0.2) is 13.6 Å². The van der Waals surface area contributed by atoms with Crippen molar-refractivity contribution in [3.63, 3.8) is 0 Å². The van der Waals surface area contributed by atoms with Gasteiger partial charge in [0.05, 0.1) is 12.2 Å². The summed E-state index contributed by atoms with van der Waals surface area (Å²) in [6.07, 6.45) is -0.604. The topological polar surface area (TPSA) is 59.6 Å². The van der Waals surface area contributed by atoms with Gasteiger partial charge in [-0.2, -0.15) is 0 Å². The molecule has 0 unspecified atom stereocenters. The maximum atomic E-state index is 13.2. The smallest absolute Gasteiger partial charge is 0.319 e. The first kappa shape index (κ1) is 14.3. The number of nitrogens with one attached hydrogen (secondary N) is 2. The summed E-state index contributed by atoms with van der Waals surface area (Å²) in [5.41, 5.74) is -0.237. The van der Waals surface area contributed by atoms with E-state index in [1.54, 1.807) is 0 Å². The summed E-state index contributed by atoms with van der Waals surface area (Å²) in [6.45, 7) is 0.0791. The van der Waals surface area contributed by atoms with Gasteiger partial charge >= 0.3 is 6.03 Å². The monoisotopic (exact) mass is 260 g/mol. The van der Waals surface area contributed by atoms with Crippen molar-refractivity contribution in [1.29, 1.82) is 0 Å². The van der Waals surface area contributed by atoms with Gasteiger partial charge in [-0.15, -0.1) is 0 Å². The summed E-state index contributed by atoms with van der Waals surface area (Å²) in [5, 5.41) is 4.57. The minimum absolute atomic E-state index is 0.0791. The van der Waals surface area contributed by atoms with E-state index in [1.807, 2.05) is 0 Å². The van der Waals surface area contributed by atoms with Crippen LogP contribution in [0, 0.1) is 11.6 Å². The number of carbonyl (C=O) groups is 1. The van der Waals surface area contributed by atoms with Gasteiger partial charge in [0.2, 0.25) is 0 Å². The molecule has 0 fully saturated rings. The van der Waals surface area contributed by atoms with E-state index >= 15 is 0 Å². The number of hydrogen-bond donors (Lipinski definition) is 2. The van der Waals surface area contributed by atoms with Crippen LogP contribution in [0.5, 0.6) is 0 Å². The van der Waals surface area contributed by atoms with Gasteiger partial charge in [0.1, 0.15) is 11.6 Å². The summed E-state index contributed by atoms with van der Waals surface area (Å²) < 4.78 is 35.7. The number of benzene rings is 1. The number of carbonyl (C=O) groups excluding carboxylic acids is 1. The van der Waals surface area contributed by atoms with Crippen molar-refractivity contribution in [2.75, 3.05) is 26.1 Å². The van der Waals surface area contributed by atoms with E-state index in [1.165, 1.54) is 14.2 Å². The minimum atomic E-state index is -0.721. The first-order valence-corrected chi connectivity index (χ1v) is 5.12. The first-order chi connectivity index (χ1) is 8.56. The Morgan fingerprint density at radius 3 is 2.61 bits per heavy atom. The van der Waals surface area contributed by atoms with Crippen molar-refractivity contribution >= 4 is 11.7 Å². The molecule has 0 aliphatic heterocycles. The van der Waals surface area contributed by atoms with Gasteiger partial charge in [0.15, 0.2) is 6.29 Å². The molecule has 0 heterocycles. The Labute approximate surface area is 103 Å². The van der Waals surface area contributed by atoms with E-state index in [9.17, 15) is 13.6 Å². The van der Waals surface area contributed by atoms with Crippen LogP contribution in [0.3, 0.4) is 0 Å². The third-order valence-corrected chi connectivity index (χ3v) is 2.13. The van der Waals surface area contributed by atoms with Crippen molar-refractivity contribution < 1.29 is 23.0 Å². The zero-order chi connectivity index (χ0) is 13.5. The number of halogens is 2. The molecule has 2 amide bonds. The number of anilines is 1. The zero-order valence-electron chi connectivity index (χ0n) is 10.00. The molecule has 0 radical (unpaired) electrons. The predicted molar refractivity (Wildman–Crippen MR) is 61.2 cm³/mol. The zero-order valence-corrected chi connectivity index (χ0v) is 10.00. The molecule has 0 aliphatic carbocycles. The van der Waals surface area contributed by atoms with Crippen LogP contribution in [-0.2, 0) is 9.47 Å². The van der Waals surface area contributed by atoms with E-state index in [-0.39, 0.29) is 12.2 Å². The second-order valence-corrected chi connectivity index (χ2v) is 3.36. The van der Waals surface area contributed by atoms with E-state index in [2.05, 4.69) is 10.6 Å². The summed E-state index contributed by atoms with van der Waals surface area (Å²) in [5.74, 6) is -1.36. The number of methoxy groups -OCH3 is 2. The fourth-order valence-electron chi connectivity index (χ4n) is 1.20. The van der Waals surface area contributed by atoms with Gasteiger partial charge < -0.3 is 20.1 Å². The second-order valence-electron chi connectivity index (χ2n) is 3.36. The van der Waals surface area contributed by atoms with E-state index < -0.39 is 24.0 Å². The van der Waals surface area contributed by atoms with E-state index in [0.29, 0.717) is 0 Å². The SMILES string of the molecule is COC(CNC(=O)Nc1cc(F)ccc1F)OC. The van der Waals surface area contributed by atoms with Crippen LogP contribution in [0.2, 0.25) is 0 Å². The quantitative estimate of drug-likeness (QED) is 0.792. The van der Waals surface area contributed by atoms with Gasteiger partial charge in [-0.1, -0.05) is 0 Å². The van der Waals surface area contributed by atoms with Crippen LogP contribution < -0.4 is 10.6 Å². The molecule has 0 saturated heterocycles. The number of hydrogen-bond acceptors (Lipinski definition) is 3. The van der Waals surface area contributed by atoms with E-state index in [4.69, 9.17) is 9.47 Å². The lowest BCUT2D eigenvalue weighted by Crippen LogP contribution is -2.37. The van der Waals surface area contributed by atoms with Gasteiger partial charge in [0, 0.05) is 20.3 Å². The van der Waals surface area contributed by atoms with Crippen molar-refractivity contribution in [3.05, 3.63) is 29.8 Å². The fraction of sp³-hybridized carbons (Fsp3) is 0.364. The average Bonchev–Trinajstić information content (AvgIpc) is 2.35. The Bertz CT molecular complexity index is 411. The van der Waals surface area contributed by atoms with Crippen LogP contribution >= 0.6 is 0 Å². The molecule has 1 rings (SSSR count). The summed E-state index contributed by atoms with van der Waals surface area (Å²) >= 11 is 0. The molecule has 1 aromatic rings. The lowest BCUT2D eigenvalue weighted by Gasteiger charge is -2.14. The molecular weight excluding hydrogens is 246 g/mol. The number of ether oxygens (including phenoxy) is 2. The van der Waals surface area contributed by atoms with Gasteiger partial charge in [-0.3, -0.25) is 0 Å². The lowest BCUT2D eigenvalue weighted by atomic mass is 10.3. The molecule has 1 aromatic carbocycles. The maximum absolute atomic E-state index is 13.2. The fourth-order valence-corrected chi connectivity index (χ4v) is 1.20. The first-order valence-electron chi connectivity index (χ1n) is 5.12. The molecule has 0 spiro atoms. The average molecular weight is 260 g/mol. The standard InChI is InChI=1S/C11H14F2N2O3/c1-17-10(18-2)6-14-11(16)15-9-5-7(12)3-4-8(9)13/h3-5,10H,6H2,1-2H3,(H2,14,15,16). The van der Waals surface area contributed by atoms with Crippen LogP contribution in [0.15, 0.2) is 18.2 Å². The Morgan fingerprint density at radius 1 is 1.33 bits per heavy atom. The molecule has 7 heteroatoms. The highest BCUT2D eigenvalue weighted by atomic mass is 19.1. The highest BCUT2D eigenvalue weighted by Gasteiger charge is 2.10. The van der Waals surface area contributed by atoms with Crippen molar-refractivity contribution in [1.82, 2.24) is 5.32 Å². The Kier molecular flexibility index (Phi) is 5.47. The third-order valence-electron chi connectivity index (χ3n) is 2.13. The highest BCUT2D eigenvalue weighted by molar-refractivity contribution is 5.89. The van der Waals surface area contributed by atoms with Crippen molar-refractivity contribution in [2.45, 2.75) is 6.29 Å². The van der Waals surface area contributed by atoms with Gasteiger partial charge in [-0.05, 0) is 12.1 Å². The molecule has 0 bridgehead atoms. The normalized spacial score (nSPS) is 10.5. The third kappa shape index (κ3) is 4.27. The highest BCUT2D eigenvalue weighted by Crippen LogP contribution is 2.14. The van der Waals surface area contributed by atoms with Crippen LogP contribution in [-0.4, -0.2) is 33.1 Å². The molecule has 0 aliphatic rings. The second kappa shape index (κ2) is 6.87. The molecule has 100 valence electrons. The number of rotatable bonds is 5. The van der Waals surface area contributed by atoms with Crippen LogP contribution in [0.25, 0.3) is 0 Å². The molecule has 5 nitrogen and oxygen atoms in total. The van der Waals surface area contributed by atoms with Gasteiger partial charge in [0.25, 0.3) is 0 Å². The van der Waals surface area contributed by atoms with Crippen molar-refractivity contribution in [3.8, 4) is 0 Å². The summed E-state index contributed by atoms with van der Waals surface area (Å²) in [6, 6.07) is 2.10. The molecule has 0 atom stereocenters. The van der Waals surface area contributed by atoms with Crippen LogP contribution in [0.1, 0.15) is 0 Å². The maximum Gasteiger partial charge on any atom is 0.319 e. The molecular formula is C11H14F2N2O3. The molecule has 18 heavy (non-hydrogen) atoms. The molecule has 2 N–H and O–H groups in total. The molecule has 0 aromatic heterocycles. The predicted octanol–water partition coefficient (Wildman–Crippen LogP) is 1.71. The van der Waals surface area contributed by atoms with E-state index in [0.717, 1.165) is 18.2 Å². The Morgan fingerprint density at radius 2 is 2.00 bits per heavy atom. The van der Waals surface area contributed by atoms with Crippen LogP contribution in [0.4, 0.5) is 19.3 Å². The summed E-state index contributed by atoms with van der Waals surface area (Å²) in [4.78, 5) is 11.4. The molecule has 0 saturated carbocycles. The number of amides is 2. The number of urea groups is 1.